The Morgan fingerprint density at radius 2 is 1.95 bits per heavy atom. The van der Waals surface area contributed by atoms with E-state index in [-0.39, 0.29) is 12.2 Å². The van der Waals surface area contributed by atoms with Crippen LogP contribution in [0.1, 0.15) is 17.3 Å². The standard InChI is InChI=1S/C12H15NO5S/c1-4-18-12(15)11(14)9-6-5-7-10(8-9)13(2)19(3,16)17/h5-8H,4H2,1-3H3. The van der Waals surface area contributed by atoms with Crippen LogP contribution in [0.25, 0.3) is 0 Å². The van der Waals surface area contributed by atoms with Crippen molar-refractivity contribution >= 4 is 27.5 Å². The smallest absolute Gasteiger partial charge is 0.379 e. The number of carbonyl (C=O) groups is 2. The van der Waals surface area contributed by atoms with E-state index < -0.39 is 21.8 Å². The van der Waals surface area contributed by atoms with Gasteiger partial charge in [0.1, 0.15) is 0 Å². The summed E-state index contributed by atoms with van der Waals surface area (Å²) in [6.07, 6.45) is 1.05. The van der Waals surface area contributed by atoms with Crippen LogP contribution in [-0.4, -0.2) is 40.1 Å². The number of ketones is 1. The molecule has 0 bridgehead atoms. The second kappa shape index (κ2) is 5.83. The molecule has 6 nitrogen and oxygen atoms in total. The van der Waals surface area contributed by atoms with Crippen molar-refractivity contribution in [3.05, 3.63) is 29.8 Å². The first kappa shape index (κ1) is 15.2. The highest BCUT2D eigenvalue weighted by Crippen LogP contribution is 2.17. The monoisotopic (exact) mass is 285 g/mol. The Balaban J connectivity index is 3.08. The fraction of sp³-hybridized carbons (Fsp3) is 0.333. The molecular weight excluding hydrogens is 270 g/mol. The lowest BCUT2D eigenvalue weighted by Crippen LogP contribution is -2.25. The molecule has 0 saturated carbocycles. The number of carbonyl (C=O) groups excluding carboxylic acids is 2. The van der Waals surface area contributed by atoms with E-state index in [1.54, 1.807) is 6.92 Å². The minimum Gasteiger partial charge on any atom is -0.460 e. The number of Topliss-reactive ketones (excluding diaryl/α,β-unsaturated/α-hetero) is 1. The van der Waals surface area contributed by atoms with Crippen LogP contribution < -0.4 is 4.31 Å². The molecule has 0 fully saturated rings. The van der Waals surface area contributed by atoms with Gasteiger partial charge in [-0.3, -0.25) is 9.10 Å². The summed E-state index contributed by atoms with van der Waals surface area (Å²) in [5.41, 5.74) is 0.393. The first-order valence-electron chi connectivity index (χ1n) is 5.52. The van der Waals surface area contributed by atoms with Crippen molar-refractivity contribution in [2.75, 3.05) is 24.2 Å². The van der Waals surface area contributed by atoms with Gasteiger partial charge < -0.3 is 4.74 Å². The van der Waals surface area contributed by atoms with Gasteiger partial charge >= 0.3 is 5.97 Å². The summed E-state index contributed by atoms with van der Waals surface area (Å²) < 4.78 is 28.4. The predicted octanol–water partition coefficient (Wildman–Crippen LogP) is 0.828. The van der Waals surface area contributed by atoms with Crippen LogP contribution in [0.15, 0.2) is 24.3 Å². The number of anilines is 1. The van der Waals surface area contributed by atoms with E-state index >= 15 is 0 Å². The number of esters is 1. The molecule has 0 aliphatic rings. The Bertz CT molecular complexity index is 594. The summed E-state index contributed by atoms with van der Waals surface area (Å²) in [6.45, 7) is 1.70. The molecule has 7 heteroatoms. The topological polar surface area (TPSA) is 80.8 Å². The van der Waals surface area contributed by atoms with Crippen LogP contribution >= 0.6 is 0 Å². The van der Waals surface area contributed by atoms with Gasteiger partial charge in [-0.2, -0.15) is 0 Å². The summed E-state index contributed by atoms with van der Waals surface area (Å²) in [6, 6.07) is 5.80. The van der Waals surface area contributed by atoms with Crippen LogP contribution in [0, 0.1) is 0 Å². The number of nitrogens with zero attached hydrogens (tertiary/aromatic N) is 1. The summed E-state index contributed by atoms with van der Waals surface area (Å²) in [4.78, 5) is 23.0. The second-order valence-electron chi connectivity index (χ2n) is 3.83. The Hall–Kier alpha value is -1.89. The van der Waals surface area contributed by atoms with Gasteiger partial charge in [0.25, 0.3) is 5.78 Å². The maximum Gasteiger partial charge on any atom is 0.379 e. The summed E-state index contributed by atoms with van der Waals surface area (Å²) in [7, 11) is -2.06. The Labute approximate surface area is 112 Å². The lowest BCUT2D eigenvalue weighted by Gasteiger charge is -2.16. The molecule has 0 atom stereocenters. The Morgan fingerprint density at radius 1 is 1.32 bits per heavy atom. The predicted molar refractivity (Wildman–Crippen MR) is 70.7 cm³/mol. The van der Waals surface area contributed by atoms with Gasteiger partial charge in [-0.05, 0) is 19.1 Å². The van der Waals surface area contributed by atoms with E-state index in [0.717, 1.165) is 10.6 Å². The molecule has 0 aromatic heterocycles. The molecule has 0 aliphatic carbocycles. The molecular formula is C12H15NO5S. The van der Waals surface area contributed by atoms with Crippen LogP contribution in [-0.2, 0) is 19.6 Å². The zero-order valence-electron chi connectivity index (χ0n) is 10.9. The summed E-state index contributed by atoms with van der Waals surface area (Å²) >= 11 is 0. The highest BCUT2D eigenvalue weighted by molar-refractivity contribution is 7.92. The molecule has 0 N–H and O–H groups in total. The zero-order valence-corrected chi connectivity index (χ0v) is 11.7. The summed E-state index contributed by atoms with van der Waals surface area (Å²) in [5, 5.41) is 0. The lowest BCUT2D eigenvalue weighted by molar-refractivity contribution is -0.137. The Morgan fingerprint density at radius 3 is 2.47 bits per heavy atom. The number of hydrogen-bond donors (Lipinski definition) is 0. The van der Waals surface area contributed by atoms with Crippen LogP contribution in [0.5, 0.6) is 0 Å². The lowest BCUT2D eigenvalue weighted by atomic mass is 10.1. The molecule has 0 spiro atoms. The van der Waals surface area contributed by atoms with E-state index in [2.05, 4.69) is 4.74 Å². The van der Waals surface area contributed by atoms with Crippen molar-refractivity contribution in [2.24, 2.45) is 0 Å². The third-order valence-electron chi connectivity index (χ3n) is 2.43. The normalized spacial score (nSPS) is 10.9. The van der Waals surface area contributed by atoms with Crippen LogP contribution in [0.4, 0.5) is 5.69 Å². The minimum absolute atomic E-state index is 0.0893. The second-order valence-corrected chi connectivity index (χ2v) is 5.84. The third-order valence-corrected chi connectivity index (χ3v) is 3.64. The van der Waals surface area contributed by atoms with Gasteiger partial charge in [0.2, 0.25) is 10.0 Å². The molecule has 0 aliphatic heterocycles. The van der Waals surface area contributed by atoms with E-state index in [9.17, 15) is 18.0 Å². The molecule has 19 heavy (non-hydrogen) atoms. The van der Waals surface area contributed by atoms with Gasteiger partial charge in [0.15, 0.2) is 0 Å². The number of benzene rings is 1. The van der Waals surface area contributed by atoms with Crippen molar-refractivity contribution in [1.29, 1.82) is 0 Å². The average molecular weight is 285 g/mol. The third kappa shape index (κ3) is 3.78. The molecule has 0 unspecified atom stereocenters. The molecule has 104 valence electrons. The van der Waals surface area contributed by atoms with Crippen LogP contribution in [0.2, 0.25) is 0 Å². The van der Waals surface area contributed by atoms with E-state index in [1.807, 2.05) is 0 Å². The van der Waals surface area contributed by atoms with E-state index in [1.165, 1.54) is 31.3 Å². The minimum atomic E-state index is -3.42. The van der Waals surface area contributed by atoms with Crippen LogP contribution in [0.3, 0.4) is 0 Å². The van der Waals surface area contributed by atoms with Gasteiger partial charge in [-0.1, -0.05) is 12.1 Å². The largest absolute Gasteiger partial charge is 0.460 e. The first-order valence-corrected chi connectivity index (χ1v) is 7.37. The molecule has 0 saturated heterocycles. The number of sulfonamides is 1. The molecule has 1 aromatic carbocycles. The number of ether oxygens (including phenoxy) is 1. The molecule has 0 heterocycles. The highest BCUT2D eigenvalue weighted by atomic mass is 32.2. The number of rotatable bonds is 5. The molecule has 0 radical (unpaired) electrons. The average Bonchev–Trinajstić information content (AvgIpc) is 2.36. The summed E-state index contributed by atoms with van der Waals surface area (Å²) in [5.74, 6) is -1.76. The van der Waals surface area contributed by atoms with Gasteiger partial charge in [0, 0.05) is 12.6 Å². The quantitative estimate of drug-likeness (QED) is 0.455. The van der Waals surface area contributed by atoms with Crippen molar-refractivity contribution in [2.45, 2.75) is 6.92 Å². The molecule has 0 amide bonds. The van der Waals surface area contributed by atoms with Crippen molar-refractivity contribution in [3.63, 3.8) is 0 Å². The SMILES string of the molecule is CCOC(=O)C(=O)c1cccc(N(C)S(C)(=O)=O)c1. The zero-order chi connectivity index (χ0) is 14.6. The fourth-order valence-electron chi connectivity index (χ4n) is 1.35. The van der Waals surface area contributed by atoms with Gasteiger partial charge in [0.05, 0.1) is 18.6 Å². The first-order chi connectivity index (χ1) is 8.77. The van der Waals surface area contributed by atoms with E-state index in [0.29, 0.717) is 5.69 Å². The van der Waals surface area contributed by atoms with E-state index in [4.69, 9.17) is 0 Å². The Kier molecular flexibility index (Phi) is 4.66. The number of hydrogen-bond acceptors (Lipinski definition) is 5. The maximum absolute atomic E-state index is 11.7. The van der Waals surface area contributed by atoms with Gasteiger partial charge in [-0.15, -0.1) is 0 Å². The van der Waals surface area contributed by atoms with Crippen molar-refractivity contribution in [3.8, 4) is 0 Å². The highest BCUT2D eigenvalue weighted by Gasteiger charge is 2.19. The van der Waals surface area contributed by atoms with Gasteiger partial charge in [-0.25, -0.2) is 13.2 Å². The molecule has 1 rings (SSSR count). The molecule has 1 aromatic rings. The maximum atomic E-state index is 11.7. The van der Waals surface area contributed by atoms with Crippen molar-refractivity contribution in [1.82, 2.24) is 0 Å². The van der Waals surface area contributed by atoms with Crippen molar-refractivity contribution < 1.29 is 22.7 Å². The fourth-order valence-corrected chi connectivity index (χ4v) is 1.85.